The fourth-order valence-electron chi connectivity index (χ4n) is 2.91. The zero-order valence-corrected chi connectivity index (χ0v) is 12.8. The van der Waals surface area contributed by atoms with Gasteiger partial charge in [-0.15, -0.1) is 0 Å². The molecule has 3 nitrogen and oxygen atoms in total. The summed E-state index contributed by atoms with van der Waals surface area (Å²) in [6.07, 6.45) is 4.66. The van der Waals surface area contributed by atoms with Crippen LogP contribution < -0.4 is 0 Å². The highest BCUT2D eigenvalue weighted by molar-refractivity contribution is 5.04. The maximum atomic E-state index is 10.6. The van der Waals surface area contributed by atoms with Crippen LogP contribution in [0.5, 0.6) is 0 Å². The summed E-state index contributed by atoms with van der Waals surface area (Å²) in [5.74, 6) is 0.213. The van der Waals surface area contributed by atoms with Crippen LogP contribution >= 0.6 is 0 Å². The number of hydrogen-bond donors (Lipinski definition) is 2. The maximum Gasteiger partial charge on any atom is 0.0831 e. The summed E-state index contributed by atoms with van der Waals surface area (Å²) in [5, 5.41) is 30.3. The van der Waals surface area contributed by atoms with Gasteiger partial charge in [0.15, 0.2) is 0 Å². The van der Waals surface area contributed by atoms with E-state index in [1.54, 1.807) is 6.92 Å². The molecule has 0 unspecified atom stereocenters. The Balaban J connectivity index is 2.76. The van der Waals surface area contributed by atoms with Crippen molar-refractivity contribution in [1.29, 1.82) is 5.26 Å². The molecule has 110 valence electrons. The maximum absolute atomic E-state index is 10.6. The van der Waals surface area contributed by atoms with E-state index in [0.717, 1.165) is 25.7 Å². The Labute approximate surface area is 117 Å². The van der Waals surface area contributed by atoms with Crippen LogP contribution in [0.25, 0.3) is 0 Å². The molecule has 0 saturated heterocycles. The first-order valence-corrected chi connectivity index (χ1v) is 7.48. The Morgan fingerprint density at radius 3 is 2.05 bits per heavy atom. The van der Waals surface area contributed by atoms with E-state index in [0.29, 0.717) is 6.42 Å². The Morgan fingerprint density at radius 2 is 1.63 bits per heavy atom. The molecule has 2 N–H and O–H groups in total. The van der Waals surface area contributed by atoms with Crippen molar-refractivity contribution < 1.29 is 10.2 Å². The van der Waals surface area contributed by atoms with Crippen molar-refractivity contribution in [3.05, 3.63) is 0 Å². The van der Waals surface area contributed by atoms with Gasteiger partial charge in [0.2, 0.25) is 0 Å². The van der Waals surface area contributed by atoms with Gasteiger partial charge < -0.3 is 10.2 Å². The summed E-state index contributed by atoms with van der Waals surface area (Å²) < 4.78 is 0. The van der Waals surface area contributed by atoms with E-state index in [1.165, 1.54) is 6.42 Å². The lowest BCUT2D eigenvalue weighted by Gasteiger charge is -2.39. The minimum atomic E-state index is -0.852. The van der Waals surface area contributed by atoms with Crippen molar-refractivity contribution in [2.75, 3.05) is 0 Å². The standard InChI is InChI=1S/C16H29NO2/c1-15(2,3)13(18)10-16(4,11-17)14(19)12-8-6-5-7-9-12/h12-14,18-19H,5-10H2,1-4H3/t13-,14+,16-/m0/s1. The molecular formula is C16H29NO2. The van der Waals surface area contributed by atoms with Crippen LogP contribution in [0.2, 0.25) is 0 Å². The molecular weight excluding hydrogens is 238 g/mol. The van der Waals surface area contributed by atoms with E-state index >= 15 is 0 Å². The average molecular weight is 267 g/mol. The minimum absolute atomic E-state index is 0.213. The molecule has 0 bridgehead atoms. The van der Waals surface area contributed by atoms with Crippen LogP contribution in [0.15, 0.2) is 0 Å². The third-order valence-electron chi connectivity index (χ3n) is 4.62. The van der Waals surface area contributed by atoms with E-state index in [-0.39, 0.29) is 11.3 Å². The Hall–Kier alpha value is -0.590. The van der Waals surface area contributed by atoms with Gasteiger partial charge in [0.05, 0.1) is 23.7 Å². The van der Waals surface area contributed by atoms with E-state index < -0.39 is 17.6 Å². The smallest absolute Gasteiger partial charge is 0.0831 e. The third kappa shape index (κ3) is 4.19. The molecule has 0 amide bonds. The highest BCUT2D eigenvalue weighted by Gasteiger charge is 2.42. The van der Waals surface area contributed by atoms with Gasteiger partial charge in [-0.1, -0.05) is 40.0 Å². The quantitative estimate of drug-likeness (QED) is 0.821. The predicted molar refractivity (Wildman–Crippen MR) is 76.4 cm³/mol. The van der Waals surface area contributed by atoms with Crippen molar-refractivity contribution in [3.63, 3.8) is 0 Å². The lowest BCUT2D eigenvalue weighted by atomic mass is 9.68. The summed E-state index contributed by atoms with van der Waals surface area (Å²) in [6, 6.07) is 2.27. The van der Waals surface area contributed by atoms with Crippen LogP contribution in [-0.2, 0) is 0 Å². The van der Waals surface area contributed by atoms with Crippen molar-refractivity contribution >= 4 is 0 Å². The molecule has 1 fully saturated rings. The van der Waals surface area contributed by atoms with E-state index in [1.807, 2.05) is 20.8 Å². The summed E-state index contributed by atoms with van der Waals surface area (Å²) in [4.78, 5) is 0. The lowest BCUT2D eigenvalue weighted by Crippen LogP contribution is -2.43. The zero-order valence-electron chi connectivity index (χ0n) is 12.8. The normalized spacial score (nSPS) is 24.3. The summed E-state index contributed by atoms with van der Waals surface area (Å²) in [7, 11) is 0. The first kappa shape index (κ1) is 16.5. The van der Waals surface area contributed by atoms with Gasteiger partial charge in [0, 0.05) is 0 Å². The molecule has 1 rings (SSSR count). The predicted octanol–water partition coefficient (Wildman–Crippen LogP) is 3.25. The molecule has 1 aliphatic rings. The Bertz CT molecular complexity index is 323. The van der Waals surface area contributed by atoms with Crippen molar-refractivity contribution in [3.8, 4) is 6.07 Å². The SMILES string of the molecule is CC(C)(C)[C@@H](O)C[C@@](C)(C#N)[C@H](O)C1CCCCC1. The van der Waals surface area contributed by atoms with Gasteiger partial charge in [0.1, 0.15) is 0 Å². The minimum Gasteiger partial charge on any atom is -0.393 e. The lowest BCUT2D eigenvalue weighted by molar-refractivity contribution is -0.0395. The number of hydrogen-bond acceptors (Lipinski definition) is 3. The number of nitriles is 1. The molecule has 0 aromatic carbocycles. The molecule has 0 radical (unpaired) electrons. The van der Waals surface area contributed by atoms with Gasteiger partial charge in [-0.3, -0.25) is 0 Å². The molecule has 0 aromatic heterocycles. The number of nitrogens with zero attached hydrogens (tertiary/aromatic N) is 1. The Morgan fingerprint density at radius 1 is 1.11 bits per heavy atom. The highest BCUT2D eigenvalue weighted by Crippen LogP contribution is 2.39. The zero-order chi connectivity index (χ0) is 14.7. The largest absolute Gasteiger partial charge is 0.393 e. The first-order valence-electron chi connectivity index (χ1n) is 7.48. The van der Waals surface area contributed by atoms with Crippen LogP contribution in [0, 0.1) is 28.1 Å². The highest BCUT2D eigenvalue weighted by atomic mass is 16.3. The van der Waals surface area contributed by atoms with Crippen LogP contribution in [-0.4, -0.2) is 22.4 Å². The first-order chi connectivity index (χ1) is 8.70. The number of aliphatic hydroxyl groups excluding tert-OH is 2. The Kier molecular flexibility index (Phi) is 5.41. The average Bonchev–Trinajstić information content (AvgIpc) is 2.37. The summed E-state index contributed by atoms with van der Waals surface area (Å²) in [6.45, 7) is 7.68. The molecule has 1 saturated carbocycles. The van der Waals surface area contributed by atoms with Crippen molar-refractivity contribution in [2.24, 2.45) is 16.7 Å². The van der Waals surface area contributed by atoms with Gasteiger partial charge >= 0.3 is 0 Å². The second kappa shape index (κ2) is 6.24. The summed E-state index contributed by atoms with van der Waals surface area (Å²) >= 11 is 0. The summed E-state index contributed by atoms with van der Waals surface area (Å²) in [5.41, 5.74) is -1.11. The topological polar surface area (TPSA) is 64.2 Å². The molecule has 0 aromatic rings. The molecule has 0 heterocycles. The van der Waals surface area contributed by atoms with E-state index in [4.69, 9.17) is 0 Å². The molecule has 0 aliphatic heterocycles. The molecule has 19 heavy (non-hydrogen) atoms. The molecule has 3 atom stereocenters. The van der Waals surface area contributed by atoms with Crippen molar-refractivity contribution in [1.82, 2.24) is 0 Å². The van der Waals surface area contributed by atoms with Crippen LogP contribution in [0.1, 0.15) is 66.2 Å². The fraction of sp³-hybridized carbons (Fsp3) is 0.938. The van der Waals surface area contributed by atoms with Gasteiger partial charge in [-0.25, -0.2) is 0 Å². The van der Waals surface area contributed by atoms with Gasteiger partial charge in [-0.2, -0.15) is 5.26 Å². The van der Waals surface area contributed by atoms with Crippen LogP contribution in [0.4, 0.5) is 0 Å². The number of aliphatic hydroxyl groups is 2. The molecule has 1 aliphatic carbocycles. The molecule has 3 heteroatoms. The van der Waals surface area contributed by atoms with Crippen molar-refractivity contribution in [2.45, 2.75) is 78.4 Å². The van der Waals surface area contributed by atoms with Gasteiger partial charge in [-0.05, 0) is 37.5 Å². The fourth-order valence-corrected chi connectivity index (χ4v) is 2.91. The third-order valence-corrected chi connectivity index (χ3v) is 4.62. The van der Waals surface area contributed by atoms with E-state index in [9.17, 15) is 15.5 Å². The van der Waals surface area contributed by atoms with Crippen LogP contribution in [0.3, 0.4) is 0 Å². The number of rotatable bonds is 4. The van der Waals surface area contributed by atoms with E-state index in [2.05, 4.69) is 6.07 Å². The second-order valence-corrected chi connectivity index (χ2v) is 7.46. The monoisotopic (exact) mass is 267 g/mol. The molecule has 0 spiro atoms. The van der Waals surface area contributed by atoms with Gasteiger partial charge in [0.25, 0.3) is 0 Å². The second-order valence-electron chi connectivity index (χ2n) is 7.46.